The first kappa shape index (κ1) is 28.9. The highest BCUT2D eigenvalue weighted by molar-refractivity contribution is 14.0. The first-order valence-corrected chi connectivity index (χ1v) is 9.91. The quantitative estimate of drug-likeness (QED) is 0.189. The smallest absolute Gasteiger partial charge is 0.412 e. The van der Waals surface area contributed by atoms with Gasteiger partial charge < -0.3 is 25.0 Å². The van der Waals surface area contributed by atoms with Crippen molar-refractivity contribution in [1.29, 1.82) is 0 Å². The highest BCUT2D eigenvalue weighted by Crippen LogP contribution is 2.13. The van der Waals surface area contributed by atoms with Crippen molar-refractivity contribution in [2.45, 2.75) is 32.8 Å². The van der Waals surface area contributed by atoms with Crippen LogP contribution < -0.4 is 16.0 Å². The number of hydrogen-bond donors (Lipinski definition) is 3. The fourth-order valence-electron chi connectivity index (χ4n) is 2.24. The van der Waals surface area contributed by atoms with Gasteiger partial charge in [-0.2, -0.15) is 0 Å². The first-order chi connectivity index (χ1) is 14.1. The van der Waals surface area contributed by atoms with Gasteiger partial charge in [-0.25, -0.2) is 9.79 Å². The maximum absolute atomic E-state index is 11.8. The van der Waals surface area contributed by atoms with Gasteiger partial charge in [0, 0.05) is 40.0 Å². The van der Waals surface area contributed by atoms with Gasteiger partial charge in [-0.1, -0.05) is 12.1 Å². The maximum Gasteiger partial charge on any atom is 0.412 e. The molecule has 0 aliphatic carbocycles. The first-order valence-electron chi connectivity index (χ1n) is 9.91. The number of rotatable bonds is 9. The Labute approximate surface area is 202 Å². The molecular formula is C21H36IN5O4. The molecule has 0 fully saturated rings. The summed E-state index contributed by atoms with van der Waals surface area (Å²) >= 11 is 0. The second-order valence-electron chi connectivity index (χ2n) is 7.87. The molecule has 0 spiro atoms. The van der Waals surface area contributed by atoms with Gasteiger partial charge in [-0.3, -0.25) is 10.1 Å². The fourth-order valence-corrected chi connectivity index (χ4v) is 2.24. The number of nitrogens with zero attached hydrogens (tertiary/aromatic N) is 2. The van der Waals surface area contributed by atoms with Gasteiger partial charge in [-0.05, 0) is 44.9 Å². The van der Waals surface area contributed by atoms with E-state index < -0.39 is 11.7 Å². The second kappa shape index (κ2) is 14.8. The molecule has 0 saturated carbocycles. The van der Waals surface area contributed by atoms with E-state index in [-0.39, 0.29) is 36.4 Å². The molecule has 1 aromatic rings. The Balaban J connectivity index is 0.00000900. The number of ether oxygens (including phenoxy) is 2. The predicted octanol–water partition coefficient (Wildman–Crippen LogP) is 2.46. The third-order valence-electron chi connectivity index (χ3n) is 3.78. The van der Waals surface area contributed by atoms with E-state index in [0.717, 1.165) is 12.0 Å². The summed E-state index contributed by atoms with van der Waals surface area (Å²) < 4.78 is 10.3. The van der Waals surface area contributed by atoms with Crippen molar-refractivity contribution < 1.29 is 19.1 Å². The van der Waals surface area contributed by atoms with Crippen LogP contribution >= 0.6 is 24.0 Å². The second-order valence-corrected chi connectivity index (χ2v) is 7.87. The van der Waals surface area contributed by atoms with Crippen molar-refractivity contribution >= 4 is 47.6 Å². The molecule has 1 aromatic carbocycles. The zero-order valence-electron chi connectivity index (χ0n) is 19.3. The summed E-state index contributed by atoms with van der Waals surface area (Å²) in [5.41, 5.74) is 1.23. The number of methoxy groups -OCH3 is 1. The number of halogens is 1. The van der Waals surface area contributed by atoms with Gasteiger partial charge in [0.2, 0.25) is 5.91 Å². The topological polar surface area (TPSA) is 104 Å². The summed E-state index contributed by atoms with van der Waals surface area (Å²) in [4.78, 5) is 29.4. The summed E-state index contributed by atoms with van der Waals surface area (Å²) in [5, 5.41) is 9.06. The van der Waals surface area contributed by atoms with E-state index in [0.29, 0.717) is 31.3 Å². The molecule has 0 aromatic heterocycles. The van der Waals surface area contributed by atoms with Crippen LogP contribution in [0, 0.1) is 0 Å². The average Bonchev–Trinajstić information content (AvgIpc) is 2.65. The van der Waals surface area contributed by atoms with Crippen LogP contribution in [0.2, 0.25) is 0 Å². The van der Waals surface area contributed by atoms with E-state index >= 15 is 0 Å². The SMILES string of the molecule is COCCNC(=NCC(=O)N(C)C)NCCc1ccc(NC(=O)OC(C)(C)C)cc1.I. The van der Waals surface area contributed by atoms with Crippen molar-refractivity contribution in [3.63, 3.8) is 0 Å². The van der Waals surface area contributed by atoms with Crippen LogP contribution in [0.3, 0.4) is 0 Å². The Bertz CT molecular complexity index is 703. The molecule has 0 atom stereocenters. The number of carbonyl (C=O) groups is 2. The number of benzene rings is 1. The molecular weight excluding hydrogens is 513 g/mol. The van der Waals surface area contributed by atoms with Crippen LogP contribution in [0.4, 0.5) is 10.5 Å². The summed E-state index contributed by atoms with van der Waals surface area (Å²) in [6.45, 7) is 7.29. The minimum absolute atomic E-state index is 0. The van der Waals surface area contributed by atoms with Crippen molar-refractivity contribution in [1.82, 2.24) is 15.5 Å². The lowest BCUT2D eigenvalue weighted by atomic mass is 10.1. The molecule has 31 heavy (non-hydrogen) atoms. The number of carbonyl (C=O) groups excluding carboxylic acids is 2. The molecule has 0 saturated heterocycles. The monoisotopic (exact) mass is 549 g/mol. The number of likely N-dealkylation sites (N-methyl/N-ethyl adjacent to an activating group) is 1. The molecule has 0 heterocycles. The summed E-state index contributed by atoms with van der Waals surface area (Å²) in [5.74, 6) is 0.487. The zero-order valence-corrected chi connectivity index (χ0v) is 21.6. The lowest BCUT2D eigenvalue weighted by Gasteiger charge is -2.19. The Morgan fingerprint density at radius 2 is 1.68 bits per heavy atom. The molecule has 176 valence electrons. The van der Waals surface area contributed by atoms with E-state index in [2.05, 4.69) is 20.9 Å². The Morgan fingerprint density at radius 3 is 2.23 bits per heavy atom. The number of amides is 2. The van der Waals surface area contributed by atoms with Crippen LogP contribution in [-0.2, 0) is 20.7 Å². The van der Waals surface area contributed by atoms with Gasteiger partial charge in [-0.15, -0.1) is 24.0 Å². The maximum atomic E-state index is 11.8. The van der Waals surface area contributed by atoms with Gasteiger partial charge in [0.25, 0.3) is 0 Å². The van der Waals surface area contributed by atoms with Gasteiger partial charge in [0.1, 0.15) is 12.1 Å². The Hall–Kier alpha value is -2.08. The summed E-state index contributed by atoms with van der Waals surface area (Å²) in [6, 6.07) is 7.56. The van der Waals surface area contributed by atoms with Crippen LogP contribution in [0.5, 0.6) is 0 Å². The minimum Gasteiger partial charge on any atom is -0.444 e. The molecule has 9 nitrogen and oxygen atoms in total. The summed E-state index contributed by atoms with van der Waals surface area (Å²) in [7, 11) is 5.03. The lowest BCUT2D eigenvalue weighted by molar-refractivity contribution is -0.127. The normalized spacial score (nSPS) is 11.2. The Kier molecular flexibility index (Phi) is 13.8. The van der Waals surface area contributed by atoms with E-state index in [9.17, 15) is 9.59 Å². The fraction of sp³-hybridized carbons (Fsp3) is 0.571. The number of nitrogens with one attached hydrogen (secondary N) is 3. The van der Waals surface area contributed by atoms with E-state index in [1.165, 1.54) is 4.90 Å². The predicted molar refractivity (Wildman–Crippen MR) is 134 cm³/mol. The lowest BCUT2D eigenvalue weighted by Crippen LogP contribution is -2.40. The zero-order chi connectivity index (χ0) is 22.6. The molecule has 0 aliphatic rings. The van der Waals surface area contributed by atoms with Crippen molar-refractivity contribution in [3.05, 3.63) is 29.8 Å². The molecule has 0 unspecified atom stereocenters. The van der Waals surface area contributed by atoms with Gasteiger partial charge in [0.15, 0.2) is 5.96 Å². The Morgan fingerprint density at radius 1 is 1.06 bits per heavy atom. The molecule has 10 heteroatoms. The standard InChI is InChI=1S/C21H35N5O4.HI/c1-21(2,3)30-20(28)25-17-9-7-16(8-10-17)11-12-22-19(23-13-14-29-6)24-15-18(27)26(4)5;/h7-10H,11-15H2,1-6H3,(H,25,28)(H2,22,23,24);1H. The van der Waals surface area contributed by atoms with E-state index in [4.69, 9.17) is 9.47 Å². The highest BCUT2D eigenvalue weighted by atomic mass is 127. The van der Waals surface area contributed by atoms with Gasteiger partial charge in [0.05, 0.1) is 6.61 Å². The molecule has 3 N–H and O–H groups in total. The highest BCUT2D eigenvalue weighted by Gasteiger charge is 2.16. The summed E-state index contributed by atoms with van der Waals surface area (Å²) in [6.07, 6.45) is 0.270. The van der Waals surface area contributed by atoms with E-state index in [1.807, 2.05) is 45.0 Å². The van der Waals surface area contributed by atoms with Crippen LogP contribution in [0.1, 0.15) is 26.3 Å². The van der Waals surface area contributed by atoms with E-state index in [1.54, 1.807) is 21.2 Å². The largest absolute Gasteiger partial charge is 0.444 e. The van der Waals surface area contributed by atoms with Crippen LogP contribution in [0.25, 0.3) is 0 Å². The number of guanidine groups is 1. The molecule has 0 radical (unpaired) electrons. The van der Waals surface area contributed by atoms with Crippen LogP contribution in [0.15, 0.2) is 29.3 Å². The third-order valence-corrected chi connectivity index (χ3v) is 3.78. The number of hydrogen-bond acceptors (Lipinski definition) is 5. The molecule has 0 bridgehead atoms. The van der Waals surface area contributed by atoms with Crippen LogP contribution in [-0.4, -0.2) is 75.9 Å². The number of anilines is 1. The average molecular weight is 549 g/mol. The molecule has 0 aliphatic heterocycles. The molecule has 2 amide bonds. The number of aliphatic imine (C=N–C) groups is 1. The van der Waals surface area contributed by atoms with Gasteiger partial charge >= 0.3 is 6.09 Å². The third kappa shape index (κ3) is 13.8. The molecule has 1 rings (SSSR count). The van der Waals surface area contributed by atoms with Crippen molar-refractivity contribution in [2.75, 3.05) is 52.8 Å². The minimum atomic E-state index is -0.538. The van der Waals surface area contributed by atoms with Crippen molar-refractivity contribution in [3.8, 4) is 0 Å². The van der Waals surface area contributed by atoms with Crippen molar-refractivity contribution in [2.24, 2.45) is 4.99 Å².